The van der Waals surface area contributed by atoms with Crippen molar-refractivity contribution in [2.45, 2.75) is 26.8 Å². The fraction of sp³-hybridized carbons (Fsp3) is 0.296. The fourth-order valence-corrected chi connectivity index (χ4v) is 4.90. The predicted molar refractivity (Wildman–Crippen MR) is 134 cm³/mol. The van der Waals surface area contributed by atoms with Crippen LogP contribution in [-0.4, -0.2) is 41.6 Å². The van der Waals surface area contributed by atoms with Crippen LogP contribution in [0.4, 0.5) is 5.69 Å². The predicted octanol–water partition coefficient (Wildman–Crippen LogP) is 5.75. The molecule has 0 N–H and O–H groups in total. The van der Waals surface area contributed by atoms with E-state index in [2.05, 4.69) is 36.2 Å². The van der Waals surface area contributed by atoms with Crippen LogP contribution in [0.3, 0.4) is 0 Å². The largest absolute Gasteiger partial charge is 0.493 e. The number of rotatable bonds is 6. The summed E-state index contributed by atoms with van der Waals surface area (Å²) in [5, 5.41) is 15.4. The number of likely N-dealkylation sites (N-methyl/N-ethyl adjacent to an activating group) is 1. The summed E-state index contributed by atoms with van der Waals surface area (Å²) in [5.74, 6) is 0.747. The molecule has 0 atom stereocenters. The highest BCUT2D eigenvalue weighted by molar-refractivity contribution is 6.09. The molecular weight excluding hydrogens is 430 g/mol. The van der Waals surface area contributed by atoms with Gasteiger partial charge in [-0.1, -0.05) is 30.3 Å². The molecule has 7 heteroatoms. The second-order valence-electron chi connectivity index (χ2n) is 8.53. The Morgan fingerprint density at radius 3 is 2.56 bits per heavy atom. The van der Waals surface area contributed by atoms with Crippen LogP contribution in [0, 0.1) is 10.1 Å². The minimum atomic E-state index is -0.405. The van der Waals surface area contributed by atoms with Crippen LogP contribution in [0.5, 0.6) is 11.5 Å². The monoisotopic (exact) mass is 457 g/mol. The Labute approximate surface area is 198 Å². The lowest BCUT2D eigenvalue weighted by Gasteiger charge is -2.29. The number of ether oxygens (including phenoxy) is 2. The number of aromatic nitrogens is 1. The molecule has 0 saturated heterocycles. The quantitative estimate of drug-likeness (QED) is 0.208. The van der Waals surface area contributed by atoms with Crippen molar-refractivity contribution in [1.82, 2.24) is 9.88 Å². The van der Waals surface area contributed by atoms with Crippen LogP contribution in [0.1, 0.15) is 25.0 Å². The molecule has 0 radical (unpaired) electrons. The van der Waals surface area contributed by atoms with Gasteiger partial charge in [0, 0.05) is 36.2 Å². The van der Waals surface area contributed by atoms with E-state index in [4.69, 9.17) is 14.5 Å². The van der Waals surface area contributed by atoms with E-state index in [1.807, 2.05) is 19.1 Å². The minimum Gasteiger partial charge on any atom is -0.493 e. The molecule has 174 valence electrons. The van der Waals surface area contributed by atoms with Crippen molar-refractivity contribution in [1.29, 1.82) is 0 Å². The van der Waals surface area contributed by atoms with Crippen molar-refractivity contribution < 1.29 is 14.4 Å². The number of fused-ring (bicyclic) bond motifs is 5. The molecule has 1 aliphatic rings. The Morgan fingerprint density at radius 1 is 1.03 bits per heavy atom. The summed E-state index contributed by atoms with van der Waals surface area (Å²) in [5.41, 5.74) is 4.51. The standard InChI is InChI=1S/C27H27N3O4/c1-4-33-24-15-25(34-5-2)23(30(31)32)14-20(24)27-21-16-29(3)13-12-19(21)26-18-9-7-6-8-17(18)10-11-22(26)28-27/h6-11,14-15H,4-5,12-13,16H2,1-3H3. The van der Waals surface area contributed by atoms with Gasteiger partial charge in [-0.25, -0.2) is 4.98 Å². The first-order valence-corrected chi connectivity index (χ1v) is 11.6. The van der Waals surface area contributed by atoms with Gasteiger partial charge in [-0.05, 0) is 55.3 Å². The summed E-state index contributed by atoms with van der Waals surface area (Å²) in [6.07, 6.45) is 0.884. The van der Waals surface area contributed by atoms with Gasteiger partial charge in [-0.2, -0.15) is 0 Å². The maximum absolute atomic E-state index is 11.9. The maximum atomic E-state index is 11.9. The van der Waals surface area contributed by atoms with Gasteiger partial charge in [-0.3, -0.25) is 10.1 Å². The third-order valence-corrected chi connectivity index (χ3v) is 6.38. The first kappa shape index (κ1) is 22.1. The van der Waals surface area contributed by atoms with Crippen LogP contribution in [0.25, 0.3) is 32.9 Å². The molecule has 34 heavy (non-hydrogen) atoms. The molecule has 4 aromatic rings. The number of nitro benzene ring substituents is 1. The van der Waals surface area contributed by atoms with Crippen molar-refractivity contribution in [2.75, 3.05) is 26.8 Å². The smallest absolute Gasteiger partial charge is 0.311 e. The normalized spacial score (nSPS) is 13.7. The number of nitro groups is 1. The van der Waals surface area contributed by atoms with E-state index >= 15 is 0 Å². The Balaban J connectivity index is 1.85. The number of pyridine rings is 1. The topological polar surface area (TPSA) is 77.7 Å². The molecule has 0 amide bonds. The Bertz CT molecular complexity index is 1420. The summed E-state index contributed by atoms with van der Waals surface area (Å²) in [7, 11) is 2.09. The average molecular weight is 458 g/mol. The van der Waals surface area contributed by atoms with Gasteiger partial charge in [0.05, 0.1) is 29.3 Å². The number of benzene rings is 3. The fourth-order valence-electron chi connectivity index (χ4n) is 4.90. The third-order valence-electron chi connectivity index (χ3n) is 6.38. The summed E-state index contributed by atoms with van der Waals surface area (Å²) in [6.45, 7) is 6.11. The van der Waals surface area contributed by atoms with E-state index in [-0.39, 0.29) is 11.4 Å². The molecule has 0 aliphatic carbocycles. The van der Waals surface area contributed by atoms with Gasteiger partial charge in [-0.15, -0.1) is 0 Å². The first-order valence-electron chi connectivity index (χ1n) is 11.6. The van der Waals surface area contributed by atoms with Crippen LogP contribution in [-0.2, 0) is 13.0 Å². The number of hydrogen-bond acceptors (Lipinski definition) is 6. The highest BCUT2D eigenvalue weighted by Crippen LogP contribution is 2.44. The van der Waals surface area contributed by atoms with Crippen molar-refractivity contribution in [3.8, 4) is 22.8 Å². The lowest BCUT2D eigenvalue weighted by atomic mass is 9.89. The zero-order valence-corrected chi connectivity index (χ0v) is 19.6. The lowest BCUT2D eigenvalue weighted by Crippen LogP contribution is -2.27. The molecule has 1 aromatic heterocycles. The highest BCUT2D eigenvalue weighted by Gasteiger charge is 2.27. The maximum Gasteiger partial charge on any atom is 0.311 e. The lowest BCUT2D eigenvalue weighted by molar-refractivity contribution is -0.385. The van der Waals surface area contributed by atoms with E-state index in [9.17, 15) is 10.1 Å². The van der Waals surface area contributed by atoms with Crippen molar-refractivity contribution in [3.63, 3.8) is 0 Å². The van der Waals surface area contributed by atoms with Crippen molar-refractivity contribution in [2.24, 2.45) is 0 Å². The molecular formula is C27H27N3O4. The van der Waals surface area contributed by atoms with E-state index in [1.54, 1.807) is 19.1 Å². The van der Waals surface area contributed by atoms with Gasteiger partial charge < -0.3 is 14.4 Å². The molecule has 0 fully saturated rings. The van der Waals surface area contributed by atoms with Crippen molar-refractivity contribution >= 4 is 27.4 Å². The minimum absolute atomic E-state index is 0.0846. The van der Waals surface area contributed by atoms with E-state index in [1.165, 1.54) is 21.7 Å². The van der Waals surface area contributed by atoms with Crippen LogP contribution in [0.2, 0.25) is 0 Å². The molecule has 7 nitrogen and oxygen atoms in total. The molecule has 0 unspecified atom stereocenters. The highest BCUT2D eigenvalue weighted by atomic mass is 16.6. The van der Waals surface area contributed by atoms with Crippen molar-refractivity contribution in [3.05, 3.63) is 69.8 Å². The zero-order valence-electron chi connectivity index (χ0n) is 19.6. The zero-order chi connectivity index (χ0) is 23.8. The molecule has 0 bridgehead atoms. The summed E-state index contributed by atoms with van der Waals surface area (Å²) < 4.78 is 11.5. The summed E-state index contributed by atoms with van der Waals surface area (Å²) in [6, 6.07) is 15.7. The summed E-state index contributed by atoms with van der Waals surface area (Å²) in [4.78, 5) is 18.8. The van der Waals surface area contributed by atoms with E-state index in [0.717, 1.165) is 29.7 Å². The Kier molecular flexibility index (Phi) is 5.79. The summed E-state index contributed by atoms with van der Waals surface area (Å²) >= 11 is 0. The van der Waals surface area contributed by atoms with Gasteiger partial charge in [0.25, 0.3) is 0 Å². The molecule has 2 heterocycles. The third kappa shape index (κ3) is 3.72. The average Bonchev–Trinajstić information content (AvgIpc) is 2.83. The Morgan fingerprint density at radius 2 is 1.79 bits per heavy atom. The Hall–Kier alpha value is -3.71. The van der Waals surface area contributed by atoms with Gasteiger partial charge in [0.1, 0.15) is 5.75 Å². The van der Waals surface area contributed by atoms with Crippen LogP contribution in [0.15, 0.2) is 48.5 Å². The van der Waals surface area contributed by atoms with Crippen LogP contribution >= 0.6 is 0 Å². The van der Waals surface area contributed by atoms with E-state index in [0.29, 0.717) is 31.1 Å². The molecule has 5 rings (SSSR count). The van der Waals surface area contributed by atoms with Gasteiger partial charge in [0.15, 0.2) is 0 Å². The second kappa shape index (κ2) is 8.91. The SMILES string of the molecule is CCOc1cc(OCC)c([N+](=O)[O-])cc1-c1nc2ccc3ccccc3c2c2c1CN(C)CC2. The van der Waals surface area contributed by atoms with Gasteiger partial charge >= 0.3 is 5.69 Å². The van der Waals surface area contributed by atoms with Crippen LogP contribution < -0.4 is 9.47 Å². The van der Waals surface area contributed by atoms with E-state index < -0.39 is 4.92 Å². The number of nitrogens with zero attached hydrogens (tertiary/aromatic N) is 3. The second-order valence-corrected chi connectivity index (χ2v) is 8.53. The number of hydrogen-bond donors (Lipinski definition) is 0. The molecule has 3 aromatic carbocycles. The molecule has 1 aliphatic heterocycles. The molecule has 0 saturated carbocycles. The first-order chi connectivity index (χ1) is 16.5. The van der Waals surface area contributed by atoms with Gasteiger partial charge in [0.2, 0.25) is 5.75 Å². The molecule has 0 spiro atoms.